The third kappa shape index (κ3) is 6.57. The van der Waals surface area contributed by atoms with E-state index in [1.807, 2.05) is 12.1 Å². The summed E-state index contributed by atoms with van der Waals surface area (Å²) in [5, 5.41) is 5.29. The van der Waals surface area contributed by atoms with E-state index in [1.165, 1.54) is 5.39 Å². The van der Waals surface area contributed by atoms with Crippen molar-refractivity contribution in [1.29, 1.82) is 0 Å². The first-order chi connectivity index (χ1) is 14.3. The molecule has 0 aromatic heterocycles. The van der Waals surface area contributed by atoms with Crippen LogP contribution in [0.4, 0.5) is 0 Å². The zero-order valence-corrected chi connectivity index (χ0v) is 18.4. The number of hydrogen-bond acceptors (Lipinski definition) is 4. The summed E-state index contributed by atoms with van der Waals surface area (Å²) in [6, 6.07) is 13.9. The molecule has 1 atom stereocenters. The quantitative estimate of drug-likeness (QED) is 0.534. The lowest BCUT2D eigenvalue weighted by atomic mass is 10.0. The molecule has 2 aromatic carbocycles. The molecule has 0 aliphatic carbocycles. The summed E-state index contributed by atoms with van der Waals surface area (Å²) in [5.41, 5.74) is 0.745. The van der Waals surface area contributed by atoms with Crippen molar-refractivity contribution in [2.75, 3.05) is 24.3 Å². The lowest BCUT2D eigenvalue weighted by Crippen LogP contribution is -2.52. The van der Waals surface area contributed by atoms with E-state index < -0.39 is 19.1 Å². The number of rotatable bonds is 8. The van der Waals surface area contributed by atoms with E-state index in [0.717, 1.165) is 35.6 Å². The molecule has 1 saturated heterocycles. The molecule has 7 nitrogen and oxygen atoms in total. The SMILES string of the molecule is O=C(NCCc1ccc2ccccc2c1)C1CCCCN1C(=O)CSCP(=O)(O)O. The van der Waals surface area contributed by atoms with Gasteiger partial charge in [-0.25, -0.2) is 0 Å². The van der Waals surface area contributed by atoms with Crippen molar-refractivity contribution in [2.45, 2.75) is 31.7 Å². The van der Waals surface area contributed by atoms with Crippen LogP contribution in [0.2, 0.25) is 0 Å². The number of piperidine rings is 1. The second-order valence-corrected chi connectivity index (χ2v) is 10.5. The summed E-state index contributed by atoms with van der Waals surface area (Å²) in [7, 11) is -4.14. The van der Waals surface area contributed by atoms with Crippen LogP contribution in [0, 0.1) is 0 Å². The topological polar surface area (TPSA) is 107 Å². The summed E-state index contributed by atoms with van der Waals surface area (Å²) in [5.74, 6) is -0.446. The maximum absolute atomic E-state index is 12.7. The van der Waals surface area contributed by atoms with Gasteiger partial charge in [0.2, 0.25) is 11.8 Å². The monoisotopic (exact) mass is 450 g/mol. The smallest absolute Gasteiger partial charge is 0.335 e. The molecule has 1 aliphatic rings. The third-order valence-corrected chi connectivity index (χ3v) is 7.66. The van der Waals surface area contributed by atoms with E-state index in [-0.39, 0.29) is 17.6 Å². The fraction of sp³-hybridized carbons (Fsp3) is 0.429. The van der Waals surface area contributed by atoms with Crippen molar-refractivity contribution in [1.82, 2.24) is 10.2 Å². The fourth-order valence-corrected chi connectivity index (χ4v) is 5.34. The van der Waals surface area contributed by atoms with Crippen molar-refractivity contribution >= 4 is 41.9 Å². The third-order valence-electron chi connectivity index (χ3n) is 5.14. The van der Waals surface area contributed by atoms with Gasteiger partial charge in [0.05, 0.1) is 11.2 Å². The van der Waals surface area contributed by atoms with Crippen LogP contribution >= 0.6 is 19.4 Å². The average Bonchev–Trinajstić information content (AvgIpc) is 2.72. The van der Waals surface area contributed by atoms with Gasteiger partial charge in [-0.2, -0.15) is 0 Å². The minimum absolute atomic E-state index is 0.0357. The van der Waals surface area contributed by atoms with E-state index in [2.05, 4.69) is 35.6 Å². The van der Waals surface area contributed by atoms with E-state index in [9.17, 15) is 14.2 Å². The van der Waals surface area contributed by atoms with Crippen molar-refractivity contribution in [2.24, 2.45) is 0 Å². The highest BCUT2D eigenvalue weighted by atomic mass is 32.2. The predicted molar refractivity (Wildman–Crippen MR) is 119 cm³/mol. The maximum atomic E-state index is 12.7. The Morgan fingerprint density at radius 3 is 2.67 bits per heavy atom. The van der Waals surface area contributed by atoms with Gasteiger partial charge in [-0.1, -0.05) is 42.5 Å². The maximum Gasteiger partial charge on any atom is 0.335 e. The largest absolute Gasteiger partial charge is 0.354 e. The lowest BCUT2D eigenvalue weighted by molar-refractivity contribution is -0.140. The summed E-state index contributed by atoms with van der Waals surface area (Å²) < 4.78 is 11.0. The second-order valence-electron chi connectivity index (χ2n) is 7.46. The summed E-state index contributed by atoms with van der Waals surface area (Å²) >= 11 is 0.906. The van der Waals surface area contributed by atoms with E-state index >= 15 is 0 Å². The van der Waals surface area contributed by atoms with Crippen LogP contribution in [-0.2, 0) is 20.6 Å². The first-order valence-electron chi connectivity index (χ1n) is 10.0. The van der Waals surface area contributed by atoms with Gasteiger partial charge in [0.15, 0.2) is 0 Å². The first kappa shape index (κ1) is 22.8. The molecule has 0 saturated carbocycles. The molecule has 3 rings (SSSR count). The van der Waals surface area contributed by atoms with Crippen LogP contribution in [0.5, 0.6) is 0 Å². The molecule has 9 heteroatoms. The van der Waals surface area contributed by atoms with E-state index in [1.54, 1.807) is 4.90 Å². The van der Waals surface area contributed by atoms with Gasteiger partial charge in [0.25, 0.3) is 0 Å². The molecule has 3 N–H and O–H groups in total. The van der Waals surface area contributed by atoms with Gasteiger partial charge in [-0.15, -0.1) is 11.8 Å². The van der Waals surface area contributed by atoms with Gasteiger partial charge >= 0.3 is 7.60 Å². The molecule has 1 unspecified atom stereocenters. The van der Waals surface area contributed by atoms with E-state index in [4.69, 9.17) is 9.79 Å². The van der Waals surface area contributed by atoms with Crippen molar-refractivity contribution in [3.63, 3.8) is 0 Å². The molecule has 30 heavy (non-hydrogen) atoms. The molecule has 1 fully saturated rings. The number of thioether (sulfide) groups is 1. The highest BCUT2D eigenvalue weighted by Crippen LogP contribution is 2.38. The summed E-state index contributed by atoms with van der Waals surface area (Å²) in [6.45, 7) is 0.987. The Morgan fingerprint density at radius 1 is 1.13 bits per heavy atom. The minimum Gasteiger partial charge on any atom is -0.354 e. The van der Waals surface area contributed by atoms with Gasteiger partial charge in [0, 0.05) is 13.1 Å². The number of benzene rings is 2. The Labute approximate surface area is 180 Å². The Morgan fingerprint density at radius 2 is 1.90 bits per heavy atom. The Balaban J connectivity index is 1.51. The average molecular weight is 450 g/mol. The number of nitrogens with one attached hydrogen (secondary N) is 1. The fourth-order valence-electron chi connectivity index (χ4n) is 3.68. The second kappa shape index (κ2) is 10.4. The highest BCUT2D eigenvalue weighted by Gasteiger charge is 2.32. The molecule has 0 spiro atoms. The zero-order chi connectivity index (χ0) is 21.6. The molecular weight excluding hydrogens is 423 g/mol. The number of amides is 2. The normalized spacial score (nSPS) is 17.1. The van der Waals surface area contributed by atoms with E-state index in [0.29, 0.717) is 25.9 Å². The number of hydrogen-bond donors (Lipinski definition) is 3. The first-order valence-corrected chi connectivity index (χ1v) is 13.0. The van der Waals surface area contributed by atoms with Crippen LogP contribution < -0.4 is 5.32 Å². The van der Waals surface area contributed by atoms with Gasteiger partial charge < -0.3 is 20.0 Å². The summed E-state index contributed by atoms with van der Waals surface area (Å²) in [6.07, 6.45) is 3.02. The molecule has 1 aliphatic heterocycles. The Hall–Kier alpha value is -1.86. The van der Waals surface area contributed by atoms with Crippen molar-refractivity contribution < 1.29 is 23.9 Å². The standard InChI is InChI=1S/C21H27N2O5PS/c24-20(14-30-15-29(26,27)28)23-12-4-3-7-19(23)21(25)22-11-10-16-8-9-17-5-1-2-6-18(17)13-16/h1-2,5-6,8-9,13,19H,3-4,7,10-12,14-15H2,(H,22,25)(H2,26,27,28). The number of likely N-dealkylation sites (tertiary alicyclic amines) is 1. The molecule has 1 heterocycles. The van der Waals surface area contributed by atoms with Crippen LogP contribution in [0.1, 0.15) is 24.8 Å². The number of fused-ring (bicyclic) bond motifs is 1. The van der Waals surface area contributed by atoms with Crippen LogP contribution in [-0.4, -0.2) is 56.9 Å². The Bertz CT molecular complexity index is 948. The molecule has 0 radical (unpaired) electrons. The molecule has 162 valence electrons. The molecule has 2 aromatic rings. The van der Waals surface area contributed by atoms with Crippen LogP contribution in [0.15, 0.2) is 42.5 Å². The number of carbonyl (C=O) groups is 2. The van der Waals surface area contributed by atoms with Gasteiger partial charge in [-0.3, -0.25) is 14.2 Å². The zero-order valence-electron chi connectivity index (χ0n) is 16.7. The van der Waals surface area contributed by atoms with Crippen LogP contribution in [0.25, 0.3) is 10.8 Å². The van der Waals surface area contributed by atoms with Gasteiger partial charge in [-0.05, 0) is 42.0 Å². The predicted octanol–water partition coefficient (Wildman–Crippen LogP) is 2.75. The molecule has 2 amide bonds. The van der Waals surface area contributed by atoms with Gasteiger partial charge in [0.1, 0.15) is 6.04 Å². The minimum atomic E-state index is -4.14. The molecular formula is C21H27N2O5PS. The Kier molecular flexibility index (Phi) is 7.94. The number of carbonyl (C=O) groups excluding carboxylic acids is 2. The van der Waals surface area contributed by atoms with Crippen LogP contribution in [0.3, 0.4) is 0 Å². The number of nitrogens with zero attached hydrogens (tertiary/aromatic N) is 1. The lowest BCUT2D eigenvalue weighted by Gasteiger charge is -2.34. The molecule has 0 bridgehead atoms. The van der Waals surface area contributed by atoms with Crippen molar-refractivity contribution in [3.05, 3.63) is 48.0 Å². The summed E-state index contributed by atoms with van der Waals surface area (Å²) in [4.78, 5) is 44.6. The highest BCUT2D eigenvalue weighted by molar-refractivity contribution is 8.04. The van der Waals surface area contributed by atoms with Crippen molar-refractivity contribution in [3.8, 4) is 0 Å².